The van der Waals surface area contributed by atoms with Crippen LogP contribution in [-0.2, 0) is 12.7 Å². The number of benzene rings is 1. The SMILES string of the molecule is FC(F)(F)c1ccc2c(NCc3ccnc4ccnn34)ccnc2c1. The maximum atomic E-state index is 12.8. The predicted molar refractivity (Wildman–Crippen MR) is 87.1 cm³/mol. The molecule has 8 heteroatoms. The van der Waals surface area contributed by atoms with E-state index in [2.05, 4.69) is 20.4 Å². The van der Waals surface area contributed by atoms with Gasteiger partial charge in [-0.2, -0.15) is 18.3 Å². The van der Waals surface area contributed by atoms with E-state index in [0.717, 1.165) is 23.5 Å². The van der Waals surface area contributed by atoms with Gasteiger partial charge >= 0.3 is 6.18 Å². The lowest BCUT2D eigenvalue weighted by molar-refractivity contribution is -0.137. The molecule has 0 aliphatic carbocycles. The summed E-state index contributed by atoms with van der Waals surface area (Å²) in [6.07, 6.45) is 0.448. The van der Waals surface area contributed by atoms with Gasteiger partial charge in [-0.1, -0.05) is 6.07 Å². The number of hydrogen-bond acceptors (Lipinski definition) is 4. The molecule has 3 aromatic heterocycles. The first kappa shape index (κ1) is 15.4. The highest BCUT2D eigenvalue weighted by atomic mass is 19.4. The van der Waals surface area contributed by atoms with E-state index in [0.29, 0.717) is 23.1 Å². The number of alkyl halides is 3. The van der Waals surface area contributed by atoms with Crippen molar-refractivity contribution in [1.82, 2.24) is 19.6 Å². The summed E-state index contributed by atoms with van der Waals surface area (Å²) in [5.41, 5.74) is 1.90. The molecule has 0 unspecified atom stereocenters. The fourth-order valence-corrected chi connectivity index (χ4v) is 2.68. The van der Waals surface area contributed by atoms with E-state index in [9.17, 15) is 13.2 Å². The first-order chi connectivity index (χ1) is 12.0. The molecule has 126 valence electrons. The number of anilines is 1. The van der Waals surface area contributed by atoms with Gasteiger partial charge in [0.05, 0.1) is 29.5 Å². The fraction of sp³-hybridized carbons (Fsp3) is 0.118. The molecule has 1 aromatic carbocycles. The molecule has 0 atom stereocenters. The highest BCUT2D eigenvalue weighted by Crippen LogP contribution is 2.32. The van der Waals surface area contributed by atoms with E-state index in [1.807, 2.05) is 6.07 Å². The quantitative estimate of drug-likeness (QED) is 0.613. The van der Waals surface area contributed by atoms with Crippen LogP contribution in [0.15, 0.2) is 55.0 Å². The third kappa shape index (κ3) is 2.86. The lowest BCUT2D eigenvalue weighted by Crippen LogP contribution is -2.07. The monoisotopic (exact) mass is 343 g/mol. The summed E-state index contributed by atoms with van der Waals surface area (Å²) in [6, 6.07) is 8.91. The minimum atomic E-state index is -4.39. The molecular weight excluding hydrogens is 331 g/mol. The first-order valence-electron chi connectivity index (χ1n) is 7.50. The van der Waals surface area contributed by atoms with Gasteiger partial charge in [0.15, 0.2) is 5.65 Å². The maximum Gasteiger partial charge on any atom is 0.416 e. The van der Waals surface area contributed by atoms with E-state index >= 15 is 0 Å². The molecule has 1 N–H and O–H groups in total. The Kier molecular flexibility index (Phi) is 3.52. The van der Waals surface area contributed by atoms with Gasteiger partial charge in [-0.3, -0.25) is 4.98 Å². The summed E-state index contributed by atoms with van der Waals surface area (Å²) in [7, 11) is 0. The number of pyridine rings is 1. The van der Waals surface area contributed by atoms with Gasteiger partial charge in [-0.25, -0.2) is 9.50 Å². The Morgan fingerprint density at radius 2 is 1.80 bits per heavy atom. The van der Waals surface area contributed by atoms with E-state index in [1.54, 1.807) is 29.0 Å². The van der Waals surface area contributed by atoms with Crippen LogP contribution in [0.3, 0.4) is 0 Å². The standard InChI is InChI=1S/C17H12F3N5/c18-17(19,20)11-1-2-13-14(4-7-21-15(13)9-11)23-10-12-3-6-22-16-5-8-24-25(12)16/h1-9H,10H2,(H,21,23). The average Bonchev–Trinajstić information content (AvgIpc) is 3.08. The summed E-state index contributed by atoms with van der Waals surface area (Å²) in [5.74, 6) is 0. The Morgan fingerprint density at radius 1 is 0.960 bits per heavy atom. The highest BCUT2D eigenvalue weighted by Gasteiger charge is 2.30. The molecule has 25 heavy (non-hydrogen) atoms. The predicted octanol–water partition coefficient (Wildman–Crippen LogP) is 3.91. The van der Waals surface area contributed by atoms with Gasteiger partial charge < -0.3 is 5.32 Å². The Morgan fingerprint density at radius 3 is 2.64 bits per heavy atom. The molecule has 5 nitrogen and oxygen atoms in total. The molecule has 0 amide bonds. The molecule has 0 fully saturated rings. The van der Waals surface area contributed by atoms with Crippen molar-refractivity contribution in [2.75, 3.05) is 5.32 Å². The average molecular weight is 343 g/mol. The fourth-order valence-electron chi connectivity index (χ4n) is 2.68. The second-order valence-corrected chi connectivity index (χ2v) is 5.48. The highest BCUT2D eigenvalue weighted by molar-refractivity contribution is 5.91. The van der Waals surface area contributed by atoms with Gasteiger partial charge in [-0.05, 0) is 24.3 Å². The summed E-state index contributed by atoms with van der Waals surface area (Å²) < 4.78 is 40.2. The molecule has 4 rings (SSSR count). The van der Waals surface area contributed by atoms with Crippen molar-refractivity contribution >= 4 is 22.2 Å². The van der Waals surface area contributed by atoms with Crippen LogP contribution in [0.4, 0.5) is 18.9 Å². The molecule has 0 saturated heterocycles. The van der Waals surface area contributed by atoms with Gasteiger partial charge in [0.1, 0.15) is 0 Å². The normalized spacial score (nSPS) is 12.0. The molecule has 0 radical (unpaired) electrons. The van der Waals surface area contributed by atoms with Gasteiger partial charge in [0, 0.05) is 29.5 Å². The van der Waals surface area contributed by atoms with Crippen LogP contribution < -0.4 is 5.32 Å². The van der Waals surface area contributed by atoms with E-state index < -0.39 is 11.7 Å². The number of hydrogen-bond donors (Lipinski definition) is 1. The maximum absolute atomic E-state index is 12.8. The van der Waals surface area contributed by atoms with Crippen LogP contribution >= 0.6 is 0 Å². The molecule has 0 spiro atoms. The second-order valence-electron chi connectivity index (χ2n) is 5.48. The zero-order valence-electron chi connectivity index (χ0n) is 12.8. The zero-order chi connectivity index (χ0) is 17.4. The van der Waals surface area contributed by atoms with E-state index in [1.165, 1.54) is 12.3 Å². The van der Waals surface area contributed by atoms with Crippen LogP contribution in [-0.4, -0.2) is 19.6 Å². The first-order valence-corrected chi connectivity index (χ1v) is 7.50. The van der Waals surface area contributed by atoms with Crippen molar-refractivity contribution in [2.45, 2.75) is 12.7 Å². The number of aromatic nitrogens is 4. The van der Waals surface area contributed by atoms with Crippen LogP contribution in [0.5, 0.6) is 0 Å². The molecular formula is C17H12F3N5. The van der Waals surface area contributed by atoms with Gasteiger partial charge in [0.25, 0.3) is 0 Å². The van der Waals surface area contributed by atoms with Crippen LogP contribution in [0.2, 0.25) is 0 Å². The largest absolute Gasteiger partial charge is 0.416 e. The number of nitrogens with zero attached hydrogens (tertiary/aromatic N) is 4. The van der Waals surface area contributed by atoms with Gasteiger partial charge in [-0.15, -0.1) is 0 Å². The topological polar surface area (TPSA) is 55.1 Å². The third-order valence-electron chi connectivity index (χ3n) is 3.90. The van der Waals surface area contributed by atoms with E-state index in [4.69, 9.17) is 0 Å². The summed E-state index contributed by atoms with van der Waals surface area (Å²) >= 11 is 0. The van der Waals surface area contributed by atoms with E-state index in [-0.39, 0.29) is 0 Å². The molecule has 0 bridgehead atoms. The van der Waals surface area contributed by atoms with Crippen molar-refractivity contribution in [3.63, 3.8) is 0 Å². The van der Waals surface area contributed by atoms with Gasteiger partial charge in [0.2, 0.25) is 0 Å². The molecule has 3 heterocycles. The Bertz CT molecular complexity index is 1050. The molecule has 0 saturated carbocycles. The van der Waals surface area contributed by atoms with Crippen molar-refractivity contribution in [3.8, 4) is 0 Å². The number of fused-ring (bicyclic) bond motifs is 2. The van der Waals surface area contributed by atoms with Crippen molar-refractivity contribution < 1.29 is 13.2 Å². The lowest BCUT2D eigenvalue weighted by atomic mass is 10.1. The van der Waals surface area contributed by atoms with Crippen LogP contribution in [0.1, 0.15) is 11.3 Å². The molecule has 4 aromatic rings. The summed E-state index contributed by atoms with van der Waals surface area (Å²) in [4.78, 5) is 8.24. The minimum absolute atomic E-state index is 0.291. The smallest absolute Gasteiger partial charge is 0.379 e. The Hall–Kier alpha value is -3.16. The summed E-state index contributed by atoms with van der Waals surface area (Å²) in [6.45, 7) is 0.445. The Labute approximate surface area is 140 Å². The molecule has 0 aliphatic heterocycles. The number of halogens is 3. The van der Waals surface area contributed by atoms with Crippen molar-refractivity contribution in [2.24, 2.45) is 0 Å². The summed E-state index contributed by atoms with van der Waals surface area (Å²) in [5, 5.41) is 8.07. The Balaban J connectivity index is 1.66. The third-order valence-corrected chi connectivity index (χ3v) is 3.90. The number of rotatable bonds is 3. The second kappa shape index (κ2) is 5.73. The van der Waals surface area contributed by atoms with Crippen molar-refractivity contribution in [3.05, 3.63) is 66.2 Å². The number of nitrogens with one attached hydrogen (secondary N) is 1. The lowest BCUT2D eigenvalue weighted by Gasteiger charge is -2.12. The molecule has 0 aliphatic rings. The van der Waals surface area contributed by atoms with Crippen LogP contribution in [0.25, 0.3) is 16.6 Å². The van der Waals surface area contributed by atoms with Crippen molar-refractivity contribution in [1.29, 1.82) is 0 Å². The zero-order valence-corrected chi connectivity index (χ0v) is 12.8. The minimum Gasteiger partial charge on any atom is -0.379 e. The van der Waals surface area contributed by atoms with Crippen LogP contribution in [0, 0.1) is 0 Å².